The minimum absolute atomic E-state index is 0.00169. The fraction of sp³-hybridized carbons (Fsp3) is 0. The highest BCUT2D eigenvalue weighted by Gasteiger charge is 2.18. The lowest BCUT2D eigenvalue weighted by molar-refractivity contribution is 0.474. The molecule has 0 saturated carbocycles. The molecule has 1 heterocycles. The Kier molecular flexibility index (Phi) is 5.45. The monoisotopic (exact) mass is 420 g/mol. The normalized spacial score (nSPS) is 11.6. The average molecular weight is 420 g/mol. The van der Waals surface area contributed by atoms with E-state index in [1.807, 2.05) is 48.5 Å². The maximum Gasteiger partial charge on any atom is 0.333 e. The number of hydrogen-bond acceptors (Lipinski definition) is 4. The summed E-state index contributed by atoms with van der Waals surface area (Å²) >= 11 is 0. The molecule has 0 saturated heterocycles. The zero-order valence-corrected chi connectivity index (χ0v) is 16.5. The first kappa shape index (κ1) is 19.6. The van der Waals surface area contributed by atoms with E-state index in [2.05, 4.69) is 5.10 Å². The van der Waals surface area contributed by atoms with E-state index >= 15 is 0 Å². The number of nitrogens with zero attached hydrogens (tertiary/aromatic N) is 2. The molecule has 30 heavy (non-hydrogen) atoms. The molecule has 5 nitrogen and oxygen atoms in total. The number of hydrogen-bond donors (Lipinski definition) is 0. The largest absolute Gasteiger partial charge is 0.358 e. The smallest absolute Gasteiger partial charge is 0.333 e. The van der Waals surface area contributed by atoms with E-state index in [1.54, 1.807) is 12.1 Å². The molecule has 0 bridgehead atoms. The first-order chi connectivity index (χ1) is 14.5. The van der Waals surface area contributed by atoms with Crippen LogP contribution in [0.3, 0.4) is 0 Å². The van der Waals surface area contributed by atoms with Gasteiger partial charge >= 0.3 is 10.1 Å². The molecule has 3 aromatic carbocycles. The van der Waals surface area contributed by atoms with Gasteiger partial charge in [0.05, 0.1) is 16.8 Å². The van der Waals surface area contributed by atoms with Crippen LogP contribution in [0.15, 0.2) is 96.4 Å². The minimum atomic E-state index is -4.06. The van der Waals surface area contributed by atoms with Crippen molar-refractivity contribution in [3.8, 4) is 22.8 Å². The predicted octanol–water partition coefficient (Wildman–Crippen LogP) is 5.06. The van der Waals surface area contributed by atoms with Crippen LogP contribution in [0, 0.1) is 5.82 Å². The summed E-state index contributed by atoms with van der Waals surface area (Å²) in [5.41, 5.74) is 2.51. The second-order valence-corrected chi connectivity index (χ2v) is 7.84. The van der Waals surface area contributed by atoms with Gasteiger partial charge in [0.2, 0.25) is 5.88 Å². The van der Waals surface area contributed by atoms with Crippen LogP contribution < -0.4 is 4.18 Å². The molecule has 0 atom stereocenters. The fourth-order valence-electron chi connectivity index (χ4n) is 2.81. The van der Waals surface area contributed by atoms with Gasteiger partial charge in [0.15, 0.2) is 0 Å². The van der Waals surface area contributed by atoms with Crippen LogP contribution in [0.5, 0.6) is 5.88 Å². The second-order valence-electron chi connectivity index (χ2n) is 6.41. The van der Waals surface area contributed by atoms with Crippen molar-refractivity contribution in [2.45, 2.75) is 0 Å². The van der Waals surface area contributed by atoms with Gasteiger partial charge in [-0.3, -0.25) is 0 Å². The molecule has 4 rings (SSSR count). The van der Waals surface area contributed by atoms with Crippen molar-refractivity contribution in [2.24, 2.45) is 0 Å². The van der Waals surface area contributed by atoms with Crippen LogP contribution >= 0.6 is 0 Å². The standard InChI is InChI=1S/C23H17FN2O3S/c24-20-11-13-21(14-12-20)26-23(17-22(25-26)19-9-5-2-6-10-19)29-30(27,28)16-15-18-7-3-1-4-8-18/h1-17H/b16-15+. The molecule has 0 unspecified atom stereocenters. The summed E-state index contributed by atoms with van der Waals surface area (Å²) in [6.07, 6.45) is 1.45. The summed E-state index contributed by atoms with van der Waals surface area (Å²) in [6.45, 7) is 0. The Morgan fingerprint density at radius 3 is 2.17 bits per heavy atom. The number of halogens is 1. The Balaban J connectivity index is 1.71. The van der Waals surface area contributed by atoms with Crippen LogP contribution in [0.1, 0.15) is 5.56 Å². The average Bonchev–Trinajstić information content (AvgIpc) is 3.17. The van der Waals surface area contributed by atoms with E-state index in [4.69, 9.17) is 4.18 Å². The van der Waals surface area contributed by atoms with Gasteiger partial charge in [-0.2, -0.15) is 18.2 Å². The topological polar surface area (TPSA) is 61.2 Å². The van der Waals surface area contributed by atoms with Crippen LogP contribution in [-0.2, 0) is 10.1 Å². The van der Waals surface area contributed by atoms with Crippen molar-refractivity contribution in [3.63, 3.8) is 0 Å². The van der Waals surface area contributed by atoms with Gasteiger partial charge in [-0.1, -0.05) is 60.7 Å². The van der Waals surface area contributed by atoms with Crippen molar-refractivity contribution in [1.82, 2.24) is 9.78 Å². The van der Waals surface area contributed by atoms with Gasteiger partial charge in [0, 0.05) is 11.6 Å². The van der Waals surface area contributed by atoms with E-state index in [1.165, 1.54) is 41.1 Å². The Morgan fingerprint density at radius 1 is 0.867 bits per heavy atom. The minimum Gasteiger partial charge on any atom is -0.358 e. The third-order valence-corrected chi connectivity index (χ3v) is 5.12. The summed E-state index contributed by atoms with van der Waals surface area (Å²) in [5.74, 6) is -0.409. The predicted molar refractivity (Wildman–Crippen MR) is 114 cm³/mol. The highest BCUT2D eigenvalue weighted by molar-refractivity contribution is 7.90. The molecule has 0 N–H and O–H groups in total. The molecular formula is C23H17FN2O3S. The number of benzene rings is 3. The van der Waals surface area contributed by atoms with Gasteiger partial charge in [0.1, 0.15) is 5.82 Å². The van der Waals surface area contributed by atoms with Crippen molar-refractivity contribution in [2.75, 3.05) is 0 Å². The zero-order chi connectivity index (χ0) is 21.0. The van der Waals surface area contributed by atoms with Gasteiger partial charge in [0.25, 0.3) is 0 Å². The van der Waals surface area contributed by atoms with Gasteiger partial charge in [-0.15, -0.1) is 0 Å². The highest BCUT2D eigenvalue weighted by Crippen LogP contribution is 2.27. The molecule has 0 spiro atoms. The molecule has 150 valence electrons. The van der Waals surface area contributed by atoms with Gasteiger partial charge < -0.3 is 4.18 Å². The van der Waals surface area contributed by atoms with E-state index in [0.717, 1.165) is 16.5 Å². The molecule has 7 heteroatoms. The lowest BCUT2D eigenvalue weighted by atomic mass is 10.2. The maximum absolute atomic E-state index is 13.3. The van der Waals surface area contributed by atoms with Gasteiger partial charge in [-0.05, 0) is 35.9 Å². The van der Waals surface area contributed by atoms with Crippen molar-refractivity contribution >= 4 is 16.2 Å². The molecule has 0 fully saturated rings. The second kappa shape index (κ2) is 8.34. The number of rotatable bonds is 6. The Labute approximate surface area is 173 Å². The Bertz CT molecular complexity index is 1270. The molecule has 0 aliphatic rings. The fourth-order valence-corrected chi connectivity index (χ4v) is 3.55. The third-order valence-electron chi connectivity index (χ3n) is 4.25. The molecule has 0 aliphatic heterocycles. The van der Waals surface area contributed by atoms with Crippen molar-refractivity contribution in [1.29, 1.82) is 0 Å². The third kappa shape index (κ3) is 4.64. The van der Waals surface area contributed by atoms with E-state index in [-0.39, 0.29) is 5.88 Å². The molecule has 0 radical (unpaired) electrons. The molecule has 4 aromatic rings. The lowest BCUT2D eigenvalue weighted by Gasteiger charge is -2.07. The van der Waals surface area contributed by atoms with Crippen LogP contribution in [-0.4, -0.2) is 18.2 Å². The van der Waals surface area contributed by atoms with E-state index in [9.17, 15) is 12.8 Å². The maximum atomic E-state index is 13.3. The van der Waals surface area contributed by atoms with Crippen LogP contribution in [0.4, 0.5) is 4.39 Å². The highest BCUT2D eigenvalue weighted by atomic mass is 32.2. The summed E-state index contributed by atoms with van der Waals surface area (Å²) < 4.78 is 45.1. The van der Waals surface area contributed by atoms with Crippen LogP contribution in [0.2, 0.25) is 0 Å². The van der Waals surface area contributed by atoms with E-state index < -0.39 is 15.9 Å². The zero-order valence-electron chi connectivity index (χ0n) is 15.7. The first-order valence-electron chi connectivity index (χ1n) is 9.09. The quantitative estimate of drug-likeness (QED) is 0.409. The first-order valence-corrected chi connectivity index (χ1v) is 10.6. The molecule has 0 amide bonds. The van der Waals surface area contributed by atoms with Gasteiger partial charge in [-0.25, -0.2) is 4.39 Å². The summed E-state index contributed by atoms with van der Waals surface area (Å²) in [5, 5.41) is 5.46. The summed E-state index contributed by atoms with van der Waals surface area (Å²) in [4.78, 5) is 0. The number of aromatic nitrogens is 2. The summed E-state index contributed by atoms with van der Waals surface area (Å²) in [7, 11) is -4.06. The van der Waals surface area contributed by atoms with E-state index in [0.29, 0.717) is 11.4 Å². The molecular weight excluding hydrogens is 403 g/mol. The SMILES string of the molecule is O=S(=O)(/C=C/c1ccccc1)Oc1cc(-c2ccccc2)nn1-c1ccc(F)cc1. The summed E-state index contributed by atoms with van der Waals surface area (Å²) in [6, 6.07) is 25.4. The Hall–Kier alpha value is -3.71. The van der Waals surface area contributed by atoms with Crippen LogP contribution in [0.25, 0.3) is 23.0 Å². The molecule has 1 aromatic heterocycles. The van der Waals surface area contributed by atoms with Crippen molar-refractivity contribution in [3.05, 3.63) is 108 Å². The van der Waals surface area contributed by atoms with Crippen molar-refractivity contribution < 1.29 is 17.0 Å². The lowest BCUT2D eigenvalue weighted by Crippen LogP contribution is -2.09. The molecule has 0 aliphatic carbocycles. The Morgan fingerprint density at radius 2 is 1.50 bits per heavy atom.